The van der Waals surface area contributed by atoms with E-state index in [4.69, 9.17) is 0 Å². The van der Waals surface area contributed by atoms with Crippen LogP contribution in [-0.2, 0) is 0 Å². The van der Waals surface area contributed by atoms with Gasteiger partial charge in [0, 0.05) is 0 Å². The van der Waals surface area contributed by atoms with Gasteiger partial charge in [0.2, 0.25) is 0 Å². The van der Waals surface area contributed by atoms with Crippen molar-refractivity contribution in [3.05, 3.63) is 0 Å². The van der Waals surface area contributed by atoms with Crippen LogP contribution in [0.4, 0.5) is 0 Å². The maximum atomic E-state index is 2.76. The van der Waals surface area contributed by atoms with Gasteiger partial charge in [0.25, 0.3) is 0 Å². The fourth-order valence-corrected chi connectivity index (χ4v) is 17.1. The van der Waals surface area contributed by atoms with Crippen LogP contribution in [0.5, 0.6) is 0 Å². The van der Waals surface area contributed by atoms with E-state index >= 15 is 0 Å². The molecule has 0 aromatic carbocycles. The average molecular weight is 617 g/mol. The van der Waals surface area contributed by atoms with Crippen LogP contribution in [0.25, 0.3) is 0 Å². The molecule has 14 atom stereocenters. The van der Waals surface area contributed by atoms with Gasteiger partial charge in [-0.2, -0.15) is 0 Å². The van der Waals surface area contributed by atoms with Crippen molar-refractivity contribution < 1.29 is 0 Å². The first kappa shape index (κ1) is 32.2. The Kier molecular flexibility index (Phi) is 8.66. The monoisotopic (exact) mass is 617 g/mol. The molecule has 8 rings (SSSR count). The van der Waals surface area contributed by atoms with Gasteiger partial charge >= 0.3 is 0 Å². The molecule has 14 unspecified atom stereocenters. The summed E-state index contributed by atoms with van der Waals surface area (Å²) >= 11 is 0. The SMILES string of the molecule is CCC(C)(CC)C1CC(C(C)(CC)CC)CC2(C1)C1CCC3CCCCC3C1C1C3C(CCC12)CC1CCC2CCCCC2C13. The topological polar surface area (TPSA) is 0 Å². The van der Waals surface area contributed by atoms with Gasteiger partial charge in [0.05, 0.1) is 0 Å². The summed E-state index contributed by atoms with van der Waals surface area (Å²) in [7, 11) is 0. The molecule has 8 aliphatic rings. The first-order valence-corrected chi connectivity index (χ1v) is 21.8. The van der Waals surface area contributed by atoms with Crippen molar-refractivity contribution in [2.45, 2.75) is 183 Å². The highest BCUT2D eigenvalue weighted by molar-refractivity contribution is 5.19. The van der Waals surface area contributed by atoms with Crippen LogP contribution < -0.4 is 0 Å². The van der Waals surface area contributed by atoms with Crippen molar-refractivity contribution in [3.63, 3.8) is 0 Å². The molecule has 1 spiro atoms. The lowest BCUT2D eigenvalue weighted by Gasteiger charge is -2.58. The van der Waals surface area contributed by atoms with E-state index in [1.807, 2.05) is 0 Å². The molecule has 0 bridgehead atoms. The van der Waals surface area contributed by atoms with Crippen LogP contribution in [-0.4, -0.2) is 0 Å². The Balaban J connectivity index is 1.25. The lowest BCUT2D eigenvalue weighted by atomic mass is 9.46. The van der Waals surface area contributed by atoms with Crippen LogP contribution in [0.3, 0.4) is 0 Å². The second-order valence-corrected chi connectivity index (χ2v) is 20.4. The van der Waals surface area contributed by atoms with Crippen LogP contribution >= 0.6 is 0 Å². The zero-order valence-electron chi connectivity index (χ0n) is 31.1. The first-order chi connectivity index (χ1) is 21.8. The van der Waals surface area contributed by atoms with Crippen LogP contribution in [0.15, 0.2) is 0 Å². The van der Waals surface area contributed by atoms with Crippen LogP contribution in [0.2, 0.25) is 0 Å². The molecule has 8 aliphatic carbocycles. The molecule has 45 heavy (non-hydrogen) atoms. The van der Waals surface area contributed by atoms with E-state index in [1.54, 1.807) is 116 Å². The van der Waals surface area contributed by atoms with E-state index in [0.29, 0.717) is 16.2 Å². The molecule has 0 aliphatic heterocycles. The summed E-state index contributed by atoms with van der Waals surface area (Å²) < 4.78 is 0. The summed E-state index contributed by atoms with van der Waals surface area (Å²) in [5.41, 5.74) is 1.75. The maximum absolute atomic E-state index is 2.76. The van der Waals surface area contributed by atoms with Gasteiger partial charge in [0.15, 0.2) is 0 Å². The number of hydrogen-bond donors (Lipinski definition) is 0. The van der Waals surface area contributed by atoms with Crippen molar-refractivity contribution in [2.24, 2.45) is 99.1 Å². The van der Waals surface area contributed by atoms with Crippen molar-refractivity contribution in [3.8, 4) is 0 Å². The smallest absolute Gasteiger partial charge is 0.0230 e. The standard InChI is InChI=1S/C45H76/c1-7-43(5,8-2)33-26-34(44(6,9-3)10-4)28-45(27-33)37-23-21-30-16-12-14-18-36(30)41(37)42-38(45)24-22-32-25-31-20-19-29-15-11-13-17-35(29)39(31)40(32)42/h29-42H,7-28H2,1-6H3. The molecule has 0 heterocycles. The van der Waals surface area contributed by atoms with E-state index in [0.717, 1.165) is 82.9 Å². The molecule has 0 heteroatoms. The van der Waals surface area contributed by atoms with E-state index in [2.05, 4.69) is 41.5 Å². The summed E-state index contributed by atoms with van der Waals surface area (Å²) in [5.74, 6) is 15.3. The fourth-order valence-electron chi connectivity index (χ4n) is 17.1. The summed E-state index contributed by atoms with van der Waals surface area (Å²) in [6, 6.07) is 0. The largest absolute Gasteiger partial charge is 0.0649 e. The van der Waals surface area contributed by atoms with Crippen molar-refractivity contribution in [1.29, 1.82) is 0 Å². The third-order valence-corrected chi connectivity index (χ3v) is 20.0. The van der Waals surface area contributed by atoms with Gasteiger partial charge in [-0.1, -0.05) is 106 Å². The Labute approximate surface area is 281 Å². The lowest BCUT2D eigenvalue weighted by molar-refractivity contribution is -0.0920. The van der Waals surface area contributed by atoms with Gasteiger partial charge in [0.1, 0.15) is 0 Å². The summed E-state index contributed by atoms with van der Waals surface area (Å²) in [6.07, 6.45) is 34.6. The fraction of sp³-hybridized carbons (Fsp3) is 1.00. The quantitative estimate of drug-likeness (QED) is 0.278. The lowest BCUT2D eigenvalue weighted by Crippen LogP contribution is -2.50. The zero-order valence-corrected chi connectivity index (χ0v) is 31.1. The van der Waals surface area contributed by atoms with Crippen molar-refractivity contribution >= 4 is 0 Å². The minimum atomic E-state index is 0.540. The van der Waals surface area contributed by atoms with Gasteiger partial charge in [-0.05, 0) is 176 Å². The Bertz CT molecular complexity index is 1000. The van der Waals surface area contributed by atoms with Gasteiger partial charge < -0.3 is 0 Å². The predicted octanol–water partition coefficient (Wildman–Crippen LogP) is 13.4. The highest BCUT2D eigenvalue weighted by atomic mass is 14.7. The Morgan fingerprint density at radius 3 is 1.47 bits per heavy atom. The number of fused-ring (bicyclic) bond motifs is 13. The third-order valence-electron chi connectivity index (χ3n) is 20.0. The minimum absolute atomic E-state index is 0.540. The molecule has 8 saturated carbocycles. The highest BCUT2D eigenvalue weighted by Gasteiger charge is 2.70. The summed E-state index contributed by atoms with van der Waals surface area (Å²) in [6.45, 7) is 15.8. The first-order valence-electron chi connectivity index (χ1n) is 21.8. The zero-order chi connectivity index (χ0) is 31.1. The Morgan fingerprint density at radius 2 is 0.889 bits per heavy atom. The van der Waals surface area contributed by atoms with E-state index < -0.39 is 0 Å². The number of rotatable bonds is 6. The van der Waals surface area contributed by atoms with Gasteiger partial charge in [-0.15, -0.1) is 0 Å². The third kappa shape index (κ3) is 4.81. The number of hydrogen-bond acceptors (Lipinski definition) is 0. The van der Waals surface area contributed by atoms with Crippen LogP contribution in [0.1, 0.15) is 183 Å². The molecule has 0 aromatic heterocycles. The molecule has 0 radical (unpaired) electrons. The Hall–Kier alpha value is 0. The molecule has 0 saturated heterocycles. The second kappa shape index (κ2) is 12.1. The molecule has 8 fully saturated rings. The molecule has 256 valence electrons. The molecule has 0 N–H and O–H groups in total. The highest BCUT2D eigenvalue weighted by Crippen LogP contribution is 2.77. The molecule has 0 nitrogen and oxygen atoms in total. The van der Waals surface area contributed by atoms with E-state index in [-0.39, 0.29) is 0 Å². The van der Waals surface area contributed by atoms with E-state index in [9.17, 15) is 0 Å². The summed E-state index contributed by atoms with van der Waals surface area (Å²) in [5, 5.41) is 0. The predicted molar refractivity (Wildman–Crippen MR) is 192 cm³/mol. The normalized spacial score (nSPS) is 51.1. The maximum Gasteiger partial charge on any atom is -0.0230 e. The Morgan fingerprint density at radius 1 is 0.444 bits per heavy atom. The van der Waals surface area contributed by atoms with E-state index in [1.165, 1.54) is 25.7 Å². The average Bonchev–Trinajstić information content (AvgIpc) is 3.61. The molecule has 0 aromatic rings. The van der Waals surface area contributed by atoms with Crippen LogP contribution in [0, 0.1) is 99.1 Å². The van der Waals surface area contributed by atoms with Gasteiger partial charge in [-0.3, -0.25) is 0 Å². The minimum Gasteiger partial charge on any atom is -0.0649 e. The second-order valence-electron chi connectivity index (χ2n) is 20.4. The summed E-state index contributed by atoms with van der Waals surface area (Å²) in [4.78, 5) is 0. The molecule has 0 amide bonds. The van der Waals surface area contributed by atoms with Gasteiger partial charge in [-0.25, -0.2) is 0 Å². The molecular formula is C45H76. The van der Waals surface area contributed by atoms with Crippen molar-refractivity contribution in [2.75, 3.05) is 0 Å². The molecular weight excluding hydrogens is 540 g/mol. The van der Waals surface area contributed by atoms with Crippen molar-refractivity contribution in [1.82, 2.24) is 0 Å².